The van der Waals surface area contributed by atoms with Crippen LogP contribution in [0.4, 0.5) is 4.79 Å². The van der Waals surface area contributed by atoms with Gasteiger partial charge >= 0.3 is 6.09 Å². The molecule has 16 heavy (non-hydrogen) atoms. The molecule has 0 aliphatic carbocycles. The Balaban J connectivity index is 0. The first-order chi connectivity index (χ1) is 7.57. The van der Waals surface area contributed by atoms with Crippen molar-refractivity contribution in [2.75, 3.05) is 0 Å². The number of primary amides is 1. The molecule has 0 radical (unpaired) electrons. The van der Waals surface area contributed by atoms with Crippen molar-refractivity contribution < 1.29 is 9.90 Å². The van der Waals surface area contributed by atoms with Crippen molar-refractivity contribution in [2.45, 2.75) is 40.5 Å². The third-order valence-corrected chi connectivity index (χ3v) is 1.78. The molecule has 0 aromatic heterocycles. The van der Waals surface area contributed by atoms with Gasteiger partial charge in [-0.15, -0.1) is 0 Å². The van der Waals surface area contributed by atoms with Gasteiger partial charge in [-0.1, -0.05) is 51.5 Å². The van der Waals surface area contributed by atoms with E-state index in [1.54, 1.807) is 0 Å². The first-order valence-electron chi connectivity index (χ1n) is 5.60. The molecule has 1 aromatic carbocycles. The highest BCUT2D eigenvalue weighted by atomic mass is 16.4. The maximum absolute atomic E-state index is 8.78. The van der Waals surface area contributed by atoms with Crippen LogP contribution in [0.25, 0.3) is 0 Å². The molecule has 3 N–H and O–H groups in total. The van der Waals surface area contributed by atoms with Crippen molar-refractivity contribution in [1.82, 2.24) is 0 Å². The van der Waals surface area contributed by atoms with E-state index in [-0.39, 0.29) is 0 Å². The lowest BCUT2D eigenvalue weighted by Gasteiger charge is -2.01. The molecule has 3 nitrogen and oxygen atoms in total. The fourth-order valence-electron chi connectivity index (χ4n) is 1.16. The molecule has 92 valence electrons. The largest absolute Gasteiger partial charge is 0.465 e. The number of hydrogen-bond donors (Lipinski definition) is 2. The minimum atomic E-state index is -1.33. The average molecular weight is 225 g/mol. The molecular formula is C13H23NO2. The predicted octanol–water partition coefficient (Wildman–Crippen LogP) is 3.60. The number of amides is 1. The van der Waals surface area contributed by atoms with Crippen LogP contribution in [0.1, 0.15) is 38.3 Å². The minimum absolute atomic E-state index is 1.21. The summed E-state index contributed by atoms with van der Waals surface area (Å²) in [7, 11) is 0. The highest BCUT2D eigenvalue weighted by Crippen LogP contribution is 2.08. The maximum atomic E-state index is 8.78. The number of hydrogen-bond acceptors (Lipinski definition) is 1. The minimum Gasteiger partial charge on any atom is -0.465 e. The zero-order valence-corrected chi connectivity index (χ0v) is 10.7. The number of aryl methyl sites for hydroxylation is 2. The Morgan fingerprint density at radius 2 is 1.75 bits per heavy atom. The third-order valence-electron chi connectivity index (χ3n) is 1.78. The van der Waals surface area contributed by atoms with Crippen LogP contribution >= 0.6 is 0 Å². The van der Waals surface area contributed by atoms with Gasteiger partial charge in [0.05, 0.1) is 0 Å². The van der Waals surface area contributed by atoms with Crippen molar-refractivity contribution >= 4 is 6.09 Å². The normalized spacial score (nSPS) is 8.00. The lowest BCUT2D eigenvalue weighted by molar-refractivity contribution is 0.205. The molecule has 0 aliphatic heterocycles. The van der Waals surface area contributed by atoms with E-state index in [0.29, 0.717) is 0 Å². The highest BCUT2D eigenvalue weighted by Gasteiger charge is 1.92. The summed E-state index contributed by atoms with van der Waals surface area (Å²) in [5.74, 6) is 0. The number of carboxylic acid groups (broad SMARTS) is 1. The van der Waals surface area contributed by atoms with E-state index in [1.807, 2.05) is 13.8 Å². The Hall–Kier alpha value is -1.51. The van der Waals surface area contributed by atoms with Crippen LogP contribution in [0.5, 0.6) is 0 Å². The van der Waals surface area contributed by atoms with E-state index >= 15 is 0 Å². The van der Waals surface area contributed by atoms with Gasteiger partial charge in [-0.3, -0.25) is 0 Å². The first kappa shape index (κ1) is 16.9. The topological polar surface area (TPSA) is 63.3 Å². The second-order valence-electron chi connectivity index (χ2n) is 3.01. The summed E-state index contributed by atoms with van der Waals surface area (Å²) < 4.78 is 0. The Labute approximate surface area is 98.3 Å². The lowest BCUT2D eigenvalue weighted by atomic mass is 10.1. The van der Waals surface area contributed by atoms with E-state index < -0.39 is 6.09 Å². The van der Waals surface area contributed by atoms with Gasteiger partial charge in [0.1, 0.15) is 0 Å². The van der Waals surface area contributed by atoms with E-state index in [0.717, 1.165) is 0 Å². The number of carbonyl (C=O) groups is 1. The monoisotopic (exact) mass is 225 g/mol. The standard InChI is InChI=1S/C10H14.C2H6.CH3NO2/c1-3-6-10-8-5-4-7-9(10)2;1-2;2-1(3)4/h4-5,7-8H,3,6H2,1-2H3;1-2H3;2H2,(H,3,4). The molecule has 0 unspecified atom stereocenters. The zero-order valence-electron chi connectivity index (χ0n) is 10.7. The molecule has 1 rings (SSSR count). The van der Waals surface area contributed by atoms with Gasteiger partial charge in [0.2, 0.25) is 0 Å². The molecule has 1 amide bonds. The van der Waals surface area contributed by atoms with Crippen LogP contribution in [-0.2, 0) is 6.42 Å². The van der Waals surface area contributed by atoms with E-state index in [9.17, 15) is 0 Å². The Kier molecular flexibility index (Phi) is 12.2. The van der Waals surface area contributed by atoms with Crippen LogP contribution < -0.4 is 5.73 Å². The molecule has 0 saturated carbocycles. The molecule has 0 bridgehead atoms. The molecule has 1 aromatic rings. The second kappa shape index (κ2) is 11.6. The second-order valence-corrected chi connectivity index (χ2v) is 3.01. The third kappa shape index (κ3) is 10.6. The molecule has 3 heteroatoms. The smallest absolute Gasteiger partial charge is 0.402 e. The predicted molar refractivity (Wildman–Crippen MR) is 68.7 cm³/mol. The van der Waals surface area contributed by atoms with Crippen LogP contribution in [0.3, 0.4) is 0 Å². The van der Waals surface area contributed by atoms with Crippen LogP contribution in [0.15, 0.2) is 24.3 Å². The first-order valence-corrected chi connectivity index (χ1v) is 5.60. The van der Waals surface area contributed by atoms with Crippen LogP contribution in [0.2, 0.25) is 0 Å². The number of nitrogens with two attached hydrogens (primary N) is 1. The van der Waals surface area contributed by atoms with Crippen molar-refractivity contribution in [3.05, 3.63) is 35.4 Å². The van der Waals surface area contributed by atoms with Gasteiger partial charge in [-0.25, -0.2) is 4.79 Å². The van der Waals surface area contributed by atoms with Crippen molar-refractivity contribution in [1.29, 1.82) is 0 Å². The summed E-state index contributed by atoms with van der Waals surface area (Å²) in [5.41, 5.74) is 6.94. The van der Waals surface area contributed by atoms with Crippen molar-refractivity contribution in [3.8, 4) is 0 Å². The number of benzene rings is 1. The number of rotatable bonds is 2. The molecule has 0 fully saturated rings. The summed E-state index contributed by atoms with van der Waals surface area (Å²) in [6.45, 7) is 8.39. The molecule has 0 heterocycles. The van der Waals surface area contributed by atoms with E-state index in [1.165, 1.54) is 24.0 Å². The molecule has 0 aliphatic rings. The van der Waals surface area contributed by atoms with Gasteiger partial charge in [-0.2, -0.15) is 0 Å². The van der Waals surface area contributed by atoms with Gasteiger partial charge < -0.3 is 10.8 Å². The van der Waals surface area contributed by atoms with Gasteiger partial charge in [0.15, 0.2) is 0 Å². The SMILES string of the molecule is CC.CCCc1ccccc1C.NC(=O)O. The maximum Gasteiger partial charge on any atom is 0.402 e. The Morgan fingerprint density at radius 1 is 1.31 bits per heavy atom. The van der Waals surface area contributed by atoms with Gasteiger partial charge in [0, 0.05) is 0 Å². The van der Waals surface area contributed by atoms with Gasteiger partial charge in [0.25, 0.3) is 0 Å². The van der Waals surface area contributed by atoms with E-state index in [2.05, 4.69) is 43.8 Å². The van der Waals surface area contributed by atoms with Crippen molar-refractivity contribution in [3.63, 3.8) is 0 Å². The summed E-state index contributed by atoms with van der Waals surface area (Å²) in [5, 5.41) is 7.19. The van der Waals surface area contributed by atoms with Gasteiger partial charge in [-0.05, 0) is 24.5 Å². The molecule has 0 atom stereocenters. The Morgan fingerprint density at radius 3 is 2.12 bits per heavy atom. The van der Waals surface area contributed by atoms with Crippen molar-refractivity contribution in [2.24, 2.45) is 5.73 Å². The average Bonchev–Trinajstić information content (AvgIpc) is 2.24. The molecule has 0 spiro atoms. The van der Waals surface area contributed by atoms with Crippen LogP contribution in [-0.4, -0.2) is 11.2 Å². The quantitative estimate of drug-likeness (QED) is 0.807. The molecular weight excluding hydrogens is 202 g/mol. The summed E-state index contributed by atoms with van der Waals surface area (Å²) in [4.78, 5) is 8.78. The summed E-state index contributed by atoms with van der Waals surface area (Å²) in [6, 6.07) is 8.58. The fourth-order valence-corrected chi connectivity index (χ4v) is 1.16. The summed E-state index contributed by atoms with van der Waals surface area (Å²) >= 11 is 0. The molecule has 0 saturated heterocycles. The lowest BCUT2D eigenvalue weighted by Crippen LogP contribution is -2.03. The zero-order chi connectivity index (χ0) is 13.0. The summed E-state index contributed by atoms with van der Waals surface area (Å²) in [6.07, 6.45) is 1.12. The highest BCUT2D eigenvalue weighted by molar-refractivity contribution is 5.61. The fraction of sp³-hybridized carbons (Fsp3) is 0.462. The van der Waals surface area contributed by atoms with Crippen LogP contribution in [0, 0.1) is 6.92 Å². The Bertz CT molecular complexity index is 281. The van der Waals surface area contributed by atoms with E-state index in [4.69, 9.17) is 9.90 Å².